The van der Waals surface area contributed by atoms with Crippen LogP contribution in [0.25, 0.3) is 0 Å². The lowest BCUT2D eigenvalue weighted by atomic mass is 10.1. The van der Waals surface area contributed by atoms with E-state index in [0.717, 1.165) is 0 Å². The number of ether oxygens (including phenoxy) is 1. The van der Waals surface area contributed by atoms with Crippen LogP contribution in [0, 0.1) is 5.82 Å². The second-order valence-corrected chi connectivity index (χ2v) is 4.23. The SMILES string of the molecule is COc1cc(NC(=O)[C@H](N)c2ccccc2)ccc1F. The molecule has 0 fully saturated rings. The maximum atomic E-state index is 13.3. The second-order valence-electron chi connectivity index (χ2n) is 4.23. The van der Waals surface area contributed by atoms with Crippen LogP contribution >= 0.6 is 0 Å². The minimum atomic E-state index is -0.785. The van der Waals surface area contributed by atoms with Crippen molar-refractivity contribution in [3.63, 3.8) is 0 Å². The zero-order valence-corrected chi connectivity index (χ0v) is 11.0. The molecule has 4 nitrogen and oxygen atoms in total. The molecule has 1 amide bonds. The Hall–Kier alpha value is -2.40. The molecular formula is C15H15FN2O2. The van der Waals surface area contributed by atoms with Gasteiger partial charge in [0.1, 0.15) is 6.04 Å². The molecule has 104 valence electrons. The molecule has 0 heterocycles. The Morgan fingerprint density at radius 2 is 1.95 bits per heavy atom. The van der Waals surface area contributed by atoms with Gasteiger partial charge >= 0.3 is 0 Å². The molecule has 0 aromatic heterocycles. The van der Waals surface area contributed by atoms with Gasteiger partial charge in [-0.05, 0) is 17.7 Å². The minimum Gasteiger partial charge on any atom is -0.494 e. The van der Waals surface area contributed by atoms with Gasteiger partial charge in [-0.25, -0.2) is 4.39 Å². The van der Waals surface area contributed by atoms with E-state index < -0.39 is 11.9 Å². The summed E-state index contributed by atoms with van der Waals surface area (Å²) in [5.41, 5.74) is 7.01. The number of benzene rings is 2. The van der Waals surface area contributed by atoms with E-state index in [1.165, 1.54) is 25.3 Å². The Morgan fingerprint density at radius 1 is 1.25 bits per heavy atom. The third-order valence-corrected chi connectivity index (χ3v) is 2.86. The highest BCUT2D eigenvalue weighted by atomic mass is 19.1. The van der Waals surface area contributed by atoms with Gasteiger partial charge in [-0.2, -0.15) is 0 Å². The molecule has 5 heteroatoms. The largest absolute Gasteiger partial charge is 0.494 e. The summed E-state index contributed by atoms with van der Waals surface area (Å²) in [6.45, 7) is 0. The highest BCUT2D eigenvalue weighted by Gasteiger charge is 2.16. The molecule has 0 radical (unpaired) electrons. The number of hydrogen-bond acceptors (Lipinski definition) is 3. The van der Waals surface area contributed by atoms with Crippen molar-refractivity contribution in [3.05, 3.63) is 59.9 Å². The standard InChI is InChI=1S/C15H15FN2O2/c1-20-13-9-11(7-8-12(13)16)18-15(19)14(17)10-5-3-2-4-6-10/h2-9,14H,17H2,1H3,(H,18,19)/t14-/m1/s1. The maximum absolute atomic E-state index is 13.3. The van der Waals surface area contributed by atoms with Crippen molar-refractivity contribution < 1.29 is 13.9 Å². The van der Waals surface area contributed by atoms with Gasteiger partial charge < -0.3 is 15.8 Å². The van der Waals surface area contributed by atoms with Gasteiger partial charge in [-0.1, -0.05) is 30.3 Å². The number of anilines is 1. The zero-order chi connectivity index (χ0) is 14.5. The zero-order valence-electron chi connectivity index (χ0n) is 11.0. The first-order valence-corrected chi connectivity index (χ1v) is 6.06. The molecule has 3 N–H and O–H groups in total. The lowest BCUT2D eigenvalue weighted by Gasteiger charge is -2.13. The van der Waals surface area contributed by atoms with E-state index in [1.54, 1.807) is 12.1 Å². The van der Waals surface area contributed by atoms with Crippen molar-refractivity contribution in [2.24, 2.45) is 5.73 Å². The summed E-state index contributed by atoms with van der Waals surface area (Å²) in [4.78, 5) is 12.0. The maximum Gasteiger partial charge on any atom is 0.245 e. The van der Waals surface area contributed by atoms with Gasteiger partial charge in [-0.15, -0.1) is 0 Å². The molecule has 0 saturated carbocycles. The summed E-state index contributed by atoms with van der Waals surface area (Å²) in [6, 6.07) is 12.3. The van der Waals surface area contributed by atoms with Gasteiger partial charge in [0.2, 0.25) is 5.91 Å². The number of rotatable bonds is 4. The first-order valence-electron chi connectivity index (χ1n) is 6.06. The number of hydrogen-bond donors (Lipinski definition) is 2. The molecule has 0 spiro atoms. The van der Waals surface area contributed by atoms with Crippen LogP contribution in [-0.4, -0.2) is 13.0 Å². The molecule has 0 aliphatic rings. The summed E-state index contributed by atoms with van der Waals surface area (Å²) in [5.74, 6) is -0.793. The van der Waals surface area contributed by atoms with E-state index >= 15 is 0 Å². The molecule has 0 saturated heterocycles. The number of nitrogens with one attached hydrogen (secondary N) is 1. The fourth-order valence-electron chi connectivity index (χ4n) is 1.77. The number of carbonyl (C=O) groups is 1. The van der Waals surface area contributed by atoms with E-state index in [9.17, 15) is 9.18 Å². The van der Waals surface area contributed by atoms with Gasteiger partial charge in [0.05, 0.1) is 7.11 Å². The summed E-state index contributed by atoms with van der Waals surface area (Å²) < 4.78 is 18.1. The molecule has 1 atom stereocenters. The highest BCUT2D eigenvalue weighted by Crippen LogP contribution is 2.22. The van der Waals surface area contributed by atoms with E-state index in [1.807, 2.05) is 18.2 Å². The van der Waals surface area contributed by atoms with Crippen LogP contribution in [0.4, 0.5) is 10.1 Å². The molecule has 2 rings (SSSR count). The lowest BCUT2D eigenvalue weighted by Crippen LogP contribution is -2.27. The summed E-state index contributed by atoms with van der Waals surface area (Å²) in [6.07, 6.45) is 0. The fourth-order valence-corrected chi connectivity index (χ4v) is 1.77. The third kappa shape index (κ3) is 3.13. The first-order chi connectivity index (χ1) is 9.61. The Balaban J connectivity index is 2.12. The van der Waals surface area contributed by atoms with Crippen molar-refractivity contribution in [2.75, 3.05) is 12.4 Å². The fraction of sp³-hybridized carbons (Fsp3) is 0.133. The number of halogens is 1. The Labute approximate surface area is 116 Å². The summed E-state index contributed by atoms with van der Waals surface area (Å²) in [7, 11) is 1.36. The van der Waals surface area contributed by atoms with E-state index in [0.29, 0.717) is 11.3 Å². The quantitative estimate of drug-likeness (QED) is 0.900. The third-order valence-electron chi connectivity index (χ3n) is 2.86. The minimum absolute atomic E-state index is 0.0658. The molecule has 2 aromatic rings. The normalized spacial score (nSPS) is 11.8. The number of amides is 1. The monoisotopic (exact) mass is 274 g/mol. The molecule has 2 aromatic carbocycles. The average molecular weight is 274 g/mol. The number of nitrogens with two attached hydrogens (primary N) is 1. The van der Waals surface area contributed by atoms with E-state index in [2.05, 4.69) is 5.32 Å². The van der Waals surface area contributed by atoms with E-state index in [-0.39, 0.29) is 11.7 Å². The summed E-state index contributed by atoms with van der Waals surface area (Å²) >= 11 is 0. The first kappa shape index (κ1) is 14.0. The molecule has 0 aliphatic heterocycles. The van der Waals surface area contributed by atoms with Crippen LogP contribution in [0.5, 0.6) is 5.75 Å². The van der Waals surface area contributed by atoms with Crippen molar-refractivity contribution >= 4 is 11.6 Å². The Bertz CT molecular complexity index is 602. The summed E-state index contributed by atoms with van der Waals surface area (Å²) in [5, 5.41) is 2.63. The van der Waals surface area contributed by atoms with Crippen molar-refractivity contribution in [1.29, 1.82) is 0 Å². The molecule has 0 unspecified atom stereocenters. The Kier molecular flexibility index (Phi) is 4.32. The van der Waals surface area contributed by atoms with Crippen LogP contribution in [0.2, 0.25) is 0 Å². The van der Waals surface area contributed by atoms with Gasteiger partial charge in [-0.3, -0.25) is 4.79 Å². The average Bonchev–Trinajstić information content (AvgIpc) is 2.49. The Morgan fingerprint density at radius 3 is 2.60 bits per heavy atom. The van der Waals surface area contributed by atoms with Crippen molar-refractivity contribution in [2.45, 2.75) is 6.04 Å². The molecular weight excluding hydrogens is 259 g/mol. The predicted octanol–water partition coefficient (Wildman–Crippen LogP) is 2.47. The topological polar surface area (TPSA) is 64.3 Å². The predicted molar refractivity (Wildman–Crippen MR) is 75.0 cm³/mol. The van der Waals surface area contributed by atoms with Gasteiger partial charge in [0.15, 0.2) is 11.6 Å². The lowest BCUT2D eigenvalue weighted by molar-refractivity contribution is -0.117. The molecule has 0 bridgehead atoms. The molecule has 0 aliphatic carbocycles. The van der Waals surface area contributed by atoms with Crippen LogP contribution in [-0.2, 0) is 4.79 Å². The van der Waals surface area contributed by atoms with Crippen molar-refractivity contribution in [3.8, 4) is 5.75 Å². The molecule has 20 heavy (non-hydrogen) atoms. The highest BCUT2D eigenvalue weighted by molar-refractivity contribution is 5.95. The number of carbonyl (C=O) groups excluding carboxylic acids is 1. The van der Waals surface area contributed by atoms with Crippen LogP contribution in [0.1, 0.15) is 11.6 Å². The van der Waals surface area contributed by atoms with Crippen LogP contribution in [0.3, 0.4) is 0 Å². The number of methoxy groups -OCH3 is 1. The van der Waals surface area contributed by atoms with Crippen LogP contribution < -0.4 is 15.8 Å². The van der Waals surface area contributed by atoms with Crippen LogP contribution in [0.15, 0.2) is 48.5 Å². The van der Waals surface area contributed by atoms with Crippen molar-refractivity contribution in [1.82, 2.24) is 0 Å². The van der Waals surface area contributed by atoms with E-state index in [4.69, 9.17) is 10.5 Å². The van der Waals surface area contributed by atoms with Gasteiger partial charge in [0.25, 0.3) is 0 Å². The second kappa shape index (κ2) is 6.16. The van der Waals surface area contributed by atoms with Gasteiger partial charge in [0, 0.05) is 11.8 Å². The smallest absolute Gasteiger partial charge is 0.245 e.